The predicted molar refractivity (Wildman–Crippen MR) is 63.7 cm³/mol. The van der Waals surface area contributed by atoms with Crippen LogP contribution in [-0.2, 0) is 0 Å². The van der Waals surface area contributed by atoms with Gasteiger partial charge in [-0.25, -0.2) is 4.39 Å². The third kappa shape index (κ3) is 1.72. The van der Waals surface area contributed by atoms with Crippen LogP contribution in [0, 0.1) is 5.82 Å². The normalized spacial score (nSPS) is 12.7. The van der Waals surface area contributed by atoms with E-state index in [1.165, 1.54) is 6.07 Å². The maximum atomic E-state index is 13.5. The van der Waals surface area contributed by atoms with Crippen molar-refractivity contribution in [3.8, 4) is 0 Å². The third-order valence-corrected chi connectivity index (χ3v) is 2.67. The van der Waals surface area contributed by atoms with Gasteiger partial charge in [0.1, 0.15) is 11.9 Å². The van der Waals surface area contributed by atoms with Crippen molar-refractivity contribution in [3.63, 3.8) is 0 Å². The van der Waals surface area contributed by atoms with Crippen LogP contribution >= 0.6 is 0 Å². The van der Waals surface area contributed by atoms with E-state index in [-0.39, 0.29) is 5.82 Å². The molecule has 1 unspecified atom stereocenters. The molecule has 2 rings (SSSR count). The highest BCUT2D eigenvalue weighted by Gasteiger charge is 2.13. The molecule has 2 heteroatoms. The van der Waals surface area contributed by atoms with Crippen LogP contribution in [0.2, 0.25) is 0 Å². The Morgan fingerprint density at radius 2 is 1.81 bits per heavy atom. The van der Waals surface area contributed by atoms with Crippen LogP contribution in [0.15, 0.2) is 48.6 Å². The molecule has 2 aromatic rings. The number of rotatable bonds is 2. The number of hydrogen-bond donors (Lipinski definition) is 1. The standard InChI is InChI=1S/C14H13FO/c1-9(2)14(16)12-7-8-13(15)11-6-4-3-5-10(11)12/h3-8,14,16H,1H2,2H3. The summed E-state index contributed by atoms with van der Waals surface area (Å²) in [4.78, 5) is 0. The molecule has 0 amide bonds. The summed E-state index contributed by atoms with van der Waals surface area (Å²) in [5.74, 6) is -0.270. The Bertz CT molecular complexity index is 545. The number of benzene rings is 2. The van der Waals surface area contributed by atoms with Crippen LogP contribution in [0.1, 0.15) is 18.6 Å². The molecule has 0 heterocycles. The molecule has 2 aromatic carbocycles. The molecule has 0 aromatic heterocycles. The zero-order valence-corrected chi connectivity index (χ0v) is 9.07. The van der Waals surface area contributed by atoms with E-state index in [4.69, 9.17) is 0 Å². The maximum Gasteiger partial charge on any atom is 0.131 e. The van der Waals surface area contributed by atoms with E-state index in [0.717, 1.165) is 5.39 Å². The second-order valence-corrected chi connectivity index (χ2v) is 3.93. The van der Waals surface area contributed by atoms with Crippen molar-refractivity contribution < 1.29 is 9.50 Å². The quantitative estimate of drug-likeness (QED) is 0.760. The SMILES string of the molecule is C=C(C)C(O)c1ccc(F)c2ccccc12. The van der Waals surface area contributed by atoms with Crippen molar-refractivity contribution in [1.29, 1.82) is 0 Å². The minimum Gasteiger partial charge on any atom is -0.384 e. The van der Waals surface area contributed by atoms with Gasteiger partial charge in [-0.2, -0.15) is 0 Å². The van der Waals surface area contributed by atoms with Crippen molar-refractivity contribution in [1.82, 2.24) is 0 Å². The first-order valence-corrected chi connectivity index (χ1v) is 5.12. The second-order valence-electron chi connectivity index (χ2n) is 3.93. The number of halogens is 1. The first kappa shape index (κ1) is 10.8. The van der Waals surface area contributed by atoms with Crippen molar-refractivity contribution in [2.45, 2.75) is 13.0 Å². The third-order valence-electron chi connectivity index (χ3n) is 2.67. The molecular formula is C14H13FO. The monoisotopic (exact) mass is 216 g/mol. The number of hydrogen-bond acceptors (Lipinski definition) is 1. The van der Waals surface area contributed by atoms with Gasteiger partial charge in [0.15, 0.2) is 0 Å². The average Bonchev–Trinajstić information content (AvgIpc) is 2.29. The van der Waals surface area contributed by atoms with E-state index < -0.39 is 6.10 Å². The Morgan fingerprint density at radius 3 is 2.44 bits per heavy atom. The molecule has 0 saturated carbocycles. The Morgan fingerprint density at radius 1 is 1.19 bits per heavy atom. The molecule has 0 saturated heterocycles. The lowest BCUT2D eigenvalue weighted by molar-refractivity contribution is 0.218. The molecule has 0 aliphatic carbocycles. The molecule has 1 atom stereocenters. The van der Waals surface area contributed by atoms with E-state index in [2.05, 4.69) is 6.58 Å². The zero-order valence-electron chi connectivity index (χ0n) is 9.07. The van der Waals surface area contributed by atoms with Gasteiger partial charge in [0.05, 0.1) is 0 Å². The number of fused-ring (bicyclic) bond motifs is 1. The molecule has 0 spiro atoms. The molecule has 82 valence electrons. The van der Waals surface area contributed by atoms with Gasteiger partial charge in [-0.05, 0) is 29.5 Å². The summed E-state index contributed by atoms with van der Waals surface area (Å²) in [6.07, 6.45) is -0.745. The summed E-state index contributed by atoms with van der Waals surface area (Å²) in [5, 5.41) is 11.2. The summed E-state index contributed by atoms with van der Waals surface area (Å²) < 4.78 is 13.5. The predicted octanol–water partition coefficient (Wildman–Crippen LogP) is 3.59. The molecule has 1 N–H and O–H groups in total. The first-order valence-electron chi connectivity index (χ1n) is 5.12. The van der Waals surface area contributed by atoms with Crippen LogP contribution in [0.5, 0.6) is 0 Å². The summed E-state index contributed by atoms with van der Waals surface area (Å²) in [5.41, 5.74) is 1.35. The van der Waals surface area contributed by atoms with Crippen LogP contribution in [0.3, 0.4) is 0 Å². The van der Waals surface area contributed by atoms with Gasteiger partial charge in [0.25, 0.3) is 0 Å². The molecule has 0 aliphatic heterocycles. The molecule has 0 fully saturated rings. The van der Waals surface area contributed by atoms with Gasteiger partial charge in [0.2, 0.25) is 0 Å². The maximum absolute atomic E-state index is 13.5. The van der Waals surface area contributed by atoms with Crippen LogP contribution in [-0.4, -0.2) is 5.11 Å². The van der Waals surface area contributed by atoms with Crippen LogP contribution < -0.4 is 0 Å². The largest absolute Gasteiger partial charge is 0.384 e. The van der Waals surface area contributed by atoms with Crippen LogP contribution in [0.4, 0.5) is 4.39 Å². The lowest BCUT2D eigenvalue weighted by atomic mass is 9.97. The lowest BCUT2D eigenvalue weighted by Gasteiger charge is -2.13. The molecule has 16 heavy (non-hydrogen) atoms. The van der Waals surface area contributed by atoms with Crippen molar-refractivity contribution in [3.05, 3.63) is 59.9 Å². The second kappa shape index (κ2) is 4.06. The van der Waals surface area contributed by atoms with Gasteiger partial charge < -0.3 is 5.11 Å². The Hall–Kier alpha value is -1.67. The molecule has 1 nitrogen and oxygen atoms in total. The summed E-state index contributed by atoms with van der Waals surface area (Å²) in [6.45, 7) is 5.47. The summed E-state index contributed by atoms with van der Waals surface area (Å²) in [7, 11) is 0. The average molecular weight is 216 g/mol. The van der Waals surface area contributed by atoms with Crippen molar-refractivity contribution in [2.75, 3.05) is 0 Å². The molecule has 0 aliphatic rings. The Labute approximate surface area is 93.8 Å². The van der Waals surface area contributed by atoms with Gasteiger partial charge in [0, 0.05) is 5.39 Å². The van der Waals surface area contributed by atoms with Gasteiger partial charge in [-0.3, -0.25) is 0 Å². The fraction of sp³-hybridized carbons (Fsp3) is 0.143. The smallest absolute Gasteiger partial charge is 0.131 e. The molecule has 0 radical (unpaired) electrons. The van der Waals surface area contributed by atoms with Crippen molar-refractivity contribution >= 4 is 10.8 Å². The van der Waals surface area contributed by atoms with Crippen LogP contribution in [0.25, 0.3) is 10.8 Å². The van der Waals surface area contributed by atoms with E-state index >= 15 is 0 Å². The van der Waals surface area contributed by atoms with E-state index in [1.807, 2.05) is 6.07 Å². The lowest BCUT2D eigenvalue weighted by Crippen LogP contribution is -1.99. The highest BCUT2D eigenvalue weighted by molar-refractivity contribution is 5.86. The molecule has 0 bridgehead atoms. The summed E-state index contributed by atoms with van der Waals surface area (Å²) in [6, 6.07) is 10.1. The minimum absolute atomic E-state index is 0.270. The van der Waals surface area contributed by atoms with E-state index in [9.17, 15) is 9.50 Å². The van der Waals surface area contributed by atoms with E-state index in [1.54, 1.807) is 31.2 Å². The number of aliphatic hydroxyl groups excluding tert-OH is 1. The van der Waals surface area contributed by atoms with E-state index in [0.29, 0.717) is 16.5 Å². The van der Waals surface area contributed by atoms with Gasteiger partial charge in [-0.15, -0.1) is 0 Å². The Balaban J connectivity index is 2.72. The highest BCUT2D eigenvalue weighted by atomic mass is 19.1. The fourth-order valence-corrected chi connectivity index (χ4v) is 1.79. The Kier molecular flexibility index (Phi) is 2.75. The highest BCUT2D eigenvalue weighted by Crippen LogP contribution is 2.29. The zero-order chi connectivity index (χ0) is 11.7. The number of aliphatic hydroxyl groups is 1. The van der Waals surface area contributed by atoms with Gasteiger partial charge >= 0.3 is 0 Å². The van der Waals surface area contributed by atoms with Crippen molar-refractivity contribution in [2.24, 2.45) is 0 Å². The minimum atomic E-state index is -0.745. The first-order chi connectivity index (χ1) is 7.61. The fourth-order valence-electron chi connectivity index (χ4n) is 1.79. The van der Waals surface area contributed by atoms with Gasteiger partial charge in [-0.1, -0.05) is 36.9 Å². The summed E-state index contributed by atoms with van der Waals surface area (Å²) >= 11 is 0. The topological polar surface area (TPSA) is 20.2 Å². The molecular weight excluding hydrogens is 203 g/mol.